The molecule has 1 N–H and O–H groups in total. The number of nitrogens with one attached hydrogen (secondary N) is 1. The van der Waals surface area contributed by atoms with Gasteiger partial charge < -0.3 is 5.32 Å². The maximum atomic E-state index is 12.2. The predicted molar refractivity (Wildman–Crippen MR) is 85.8 cm³/mol. The number of hydrogen-bond acceptors (Lipinski definition) is 2. The summed E-state index contributed by atoms with van der Waals surface area (Å²) in [6.07, 6.45) is 0. The standard InChI is InChI=1S/C13H8BrCl2NOS/c14-10-3-2-8(19)6-9(10)13(18)17-12-4-1-7(15)5-11(12)16/h1-6,19H,(H,17,18). The molecule has 0 radical (unpaired) electrons. The fourth-order valence-corrected chi connectivity index (χ4v) is 2.55. The molecule has 6 heteroatoms. The van der Waals surface area contributed by atoms with Gasteiger partial charge in [-0.3, -0.25) is 4.79 Å². The Bertz CT molecular complexity index is 649. The second kappa shape index (κ2) is 6.18. The van der Waals surface area contributed by atoms with Gasteiger partial charge in [0.2, 0.25) is 0 Å². The van der Waals surface area contributed by atoms with Gasteiger partial charge in [0.15, 0.2) is 0 Å². The lowest BCUT2D eigenvalue weighted by Crippen LogP contribution is -2.12. The van der Waals surface area contributed by atoms with Crippen LogP contribution in [0, 0.1) is 0 Å². The Morgan fingerprint density at radius 3 is 2.58 bits per heavy atom. The Morgan fingerprint density at radius 2 is 1.89 bits per heavy atom. The summed E-state index contributed by atoms with van der Waals surface area (Å²) in [5.41, 5.74) is 0.992. The molecule has 0 aliphatic heterocycles. The van der Waals surface area contributed by atoms with E-state index in [0.717, 1.165) is 0 Å². The third-order valence-electron chi connectivity index (χ3n) is 2.37. The molecule has 2 aromatic carbocycles. The fraction of sp³-hybridized carbons (Fsp3) is 0. The molecule has 19 heavy (non-hydrogen) atoms. The van der Waals surface area contributed by atoms with Crippen LogP contribution in [0.25, 0.3) is 0 Å². The molecule has 0 spiro atoms. The maximum Gasteiger partial charge on any atom is 0.256 e. The zero-order valence-electron chi connectivity index (χ0n) is 9.45. The van der Waals surface area contributed by atoms with Crippen molar-refractivity contribution in [3.63, 3.8) is 0 Å². The summed E-state index contributed by atoms with van der Waals surface area (Å²) in [6, 6.07) is 10.1. The molecule has 0 aliphatic carbocycles. The SMILES string of the molecule is O=C(Nc1ccc(Cl)cc1Cl)c1cc(S)ccc1Br. The summed E-state index contributed by atoms with van der Waals surface area (Å²) in [6.45, 7) is 0. The van der Waals surface area contributed by atoms with Crippen LogP contribution in [0.4, 0.5) is 5.69 Å². The van der Waals surface area contributed by atoms with Crippen molar-refractivity contribution in [2.24, 2.45) is 0 Å². The van der Waals surface area contributed by atoms with E-state index in [0.29, 0.717) is 30.7 Å². The van der Waals surface area contributed by atoms with E-state index < -0.39 is 0 Å². The second-order valence-corrected chi connectivity index (χ2v) is 5.96. The highest BCUT2D eigenvalue weighted by Gasteiger charge is 2.12. The number of hydrogen-bond donors (Lipinski definition) is 2. The van der Waals surface area contributed by atoms with E-state index in [4.69, 9.17) is 23.2 Å². The first kappa shape index (κ1) is 14.7. The molecule has 0 atom stereocenters. The molecule has 0 bridgehead atoms. The van der Waals surface area contributed by atoms with Gasteiger partial charge in [0.05, 0.1) is 16.3 Å². The molecule has 0 aromatic heterocycles. The second-order valence-electron chi connectivity index (χ2n) is 3.74. The summed E-state index contributed by atoms with van der Waals surface area (Å²) in [5, 5.41) is 3.63. The third-order valence-corrected chi connectivity index (χ3v) is 3.89. The van der Waals surface area contributed by atoms with E-state index >= 15 is 0 Å². The van der Waals surface area contributed by atoms with E-state index in [2.05, 4.69) is 33.9 Å². The zero-order valence-corrected chi connectivity index (χ0v) is 13.4. The summed E-state index contributed by atoms with van der Waals surface area (Å²) in [4.78, 5) is 12.9. The Morgan fingerprint density at radius 1 is 1.16 bits per heavy atom. The van der Waals surface area contributed by atoms with Crippen LogP contribution in [0.5, 0.6) is 0 Å². The smallest absolute Gasteiger partial charge is 0.256 e. The third kappa shape index (κ3) is 3.66. The van der Waals surface area contributed by atoms with Gasteiger partial charge in [-0.15, -0.1) is 12.6 Å². The van der Waals surface area contributed by atoms with Crippen molar-refractivity contribution in [1.82, 2.24) is 0 Å². The van der Waals surface area contributed by atoms with E-state index in [1.807, 2.05) is 0 Å². The van der Waals surface area contributed by atoms with Gasteiger partial charge in [-0.25, -0.2) is 0 Å². The molecule has 0 unspecified atom stereocenters. The molecule has 0 saturated heterocycles. The fourth-order valence-electron chi connectivity index (χ4n) is 1.47. The summed E-state index contributed by atoms with van der Waals surface area (Å²) >= 11 is 19.3. The van der Waals surface area contributed by atoms with Gasteiger partial charge in [-0.1, -0.05) is 23.2 Å². The van der Waals surface area contributed by atoms with Crippen LogP contribution in [-0.4, -0.2) is 5.91 Å². The highest BCUT2D eigenvalue weighted by molar-refractivity contribution is 9.10. The highest BCUT2D eigenvalue weighted by atomic mass is 79.9. The molecule has 0 saturated carbocycles. The first-order valence-corrected chi connectivity index (χ1v) is 7.22. The molecule has 0 heterocycles. The Hall–Kier alpha value is -0.680. The summed E-state index contributed by atoms with van der Waals surface area (Å²) in [5.74, 6) is -0.271. The molecule has 1 amide bonds. The minimum atomic E-state index is -0.271. The van der Waals surface area contributed by atoms with E-state index in [-0.39, 0.29) is 5.91 Å². The average molecular weight is 377 g/mol. The zero-order chi connectivity index (χ0) is 14.0. The van der Waals surface area contributed by atoms with E-state index in [1.54, 1.807) is 36.4 Å². The highest BCUT2D eigenvalue weighted by Crippen LogP contribution is 2.27. The predicted octanol–water partition coefficient (Wildman–Crippen LogP) is 5.30. The van der Waals surface area contributed by atoms with Gasteiger partial charge in [-0.05, 0) is 52.3 Å². The average Bonchev–Trinajstić information content (AvgIpc) is 2.35. The molecule has 2 nitrogen and oxygen atoms in total. The first-order valence-electron chi connectivity index (χ1n) is 5.22. The number of carbonyl (C=O) groups excluding carboxylic acids is 1. The van der Waals surface area contributed by atoms with Crippen molar-refractivity contribution in [3.8, 4) is 0 Å². The Kier molecular flexibility index (Phi) is 4.79. The topological polar surface area (TPSA) is 29.1 Å². The van der Waals surface area contributed by atoms with Crippen LogP contribution < -0.4 is 5.32 Å². The molecule has 0 aliphatic rings. The number of anilines is 1. The van der Waals surface area contributed by atoms with Gasteiger partial charge in [-0.2, -0.15) is 0 Å². The van der Waals surface area contributed by atoms with Crippen LogP contribution >= 0.6 is 51.8 Å². The van der Waals surface area contributed by atoms with Crippen LogP contribution in [0.15, 0.2) is 45.8 Å². The maximum absolute atomic E-state index is 12.2. The number of thiol groups is 1. The van der Waals surface area contributed by atoms with Crippen molar-refractivity contribution >= 4 is 63.4 Å². The normalized spacial score (nSPS) is 10.3. The lowest BCUT2D eigenvalue weighted by Gasteiger charge is -2.09. The molecule has 2 rings (SSSR count). The van der Waals surface area contributed by atoms with Crippen molar-refractivity contribution in [3.05, 3.63) is 56.5 Å². The number of halogens is 3. The number of carbonyl (C=O) groups is 1. The lowest BCUT2D eigenvalue weighted by atomic mass is 10.2. The first-order chi connectivity index (χ1) is 8.97. The Labute approximate surface area is 134 Å². The number of amides is 1. The minimum absolute atomic E-state index is 0.271. The molecular weight excluding hydrogens is 369 g/mol. The van der Waals surface area contributed by atoms with Gasteiger partial charge in [0.25, 0.3) is 5.91 Å². The van der Waals surface area contributed by atoms with Crippen LogP contribution in [0.1, 0.15) is 10.4 Å². The number of benzene rings is 2. The van der Waals surface area contributed by atoms with Gasteiger partial charge in [0.1, 0.15) is 0 Å². The molecule has 98 valence electrons. The molecular formula is C13H8BrCl2NOS. The number of rotatable bonds is 2. The largest absolute Gasteiger partial charge is 0.321 e. The van der Waals surface area contributed by atoms with Gasteiger partial charge >= 0.3 is 0 Å². The summed E-state index contributed by atoms with van der Waals surface area (Å²) in [7, 11) is 0. The Balaban J connectivity index is 2.28. The monoisotopic (exact) mass is 375 g/mol. The molecule has 2 aromatic rings. The van der Waals surface area contributed by atoms with Crippen LogP contribution in [-0.2, 0) is 0 Å². The van der Waals surface area contributed by atoms with Crippen molar-refractivity contribution in [2.75, 3.05) is 5.32 Å². The van der Waals surface area contributed by atoms with Crippen molar-refractivity contribution in [1.29, 1.82) is 0 Å². The van der Waals surface area contributed by atoms with Crippen molar-refractivity contribution in [2.45, 2.75) is 4.90 Å². The molecule has 0 fully saturated rings. The minimum Gasteiger partial charge on any atom is -0.321 e. The summed E-state index contributed by atoms with van der Waals surface area (Å²) < 4.78 is 0.688. The quantitative estimate of drug-likeness (QED) is 0.684. The van der Waals surface area contributed by atoms with Crippen LogP contribution in [0.2, 0.25) is 10.0 Å². The van der Waals surface area contributed by atoms with E-state index in [1.165, 1.54) is 0 Å². The van der Waals surface area contributed by atoms with E-state index in [9.17, 15) is 4.79 Å². The van der Waals surface area contributed by atoms with Crippen LogP contribution in [0.3, 0.4) is 0 Å². The van der Waals surface area contributed by atoms with Crippen molar-refractivity contribution < 1.29 is 4.79 Å². The lowest BCUT2D eigenvalue weighted by molar-refractivity contribution is 0.102. The van der Waals surface area contributed by atoms with Gasteiger partial charge in [0, 0.05) is 14.4 Å².